The van der Waals surface area contributed by atoms with Crippen LogP contribution in [-0.2, 0) is 13.6 Å². The highest BCUT2D eigenvalue weighted by molar-refractivity contribution is 5.36. The number of aromatic nitrogens is 4. The van der Waals surface area contributed by atoms with Crippen molar-refractivity contribution in [2.24, 2.45) is 7.05 Å². The molecule has 0 aromatic carbocycles. The highest BCUT2D eigenvalue weighted by Crippen LogP contribution is 2.33. The number of rotatable bonds is 4. The monoisotopic (exact) mass is 300 g/mol. The van der Waals surface area contributed by atoms with Crippen molar-refractivity contribution in [1.29, 1.82) is 0 Å². The SMILES string of the molecule is CNc1cc(C2CCCN2Cc2cnn(C)c2C)nc(C)n1. The minimum atomic E-state index is 0.369. The summed E-state index contributed by atoms with van der Waals surface area (Å²) in [5.41, 5.74) is 3.66. The van der Waals surface area contributed by atoms with E-state index in [2.05, 4.69) is 38.3 Å². The van der Waals surface area contributed by atoms with Gasteiger partial charge in [-0.2, -0.15) is 5.10 Å². The fourth-order valence-electron chi connectivity index (χ4n) is 3.16. The molecule has 118 valence electrons. The first-order valence-corrected chi connectivity index (χ1v) is 7.83. The van der Waals surface area contributed by atoms with Crippen LogP contribution in [0.15, 0.2) is 12.3 Å². The molecule has 2 aromatic rings. The minimum Gasteiger partial charge on any atom is -0.373 e. The molecule has 1 aliphatic heterocycles. The molecule has 0 radical (unpaired) electrons. The number of nitrogens with one attached hydrogen (secondary N) is 1. The highest BCUT2D eigenvalue weighted by Gasteiger charge is 2.28. The molecule has 1 aliphatic rings. The molecule has 1 fully saturated rings. The van der Waals surface area contributed by atoms with Crippen molar-refractivity contribution >= 4 is 5.82 Å². The van der Waals surface area contributed by atoms with Gasteiger partial charge in [0.25, 0.3) is 0 Å². The van der Waals surface area contributed by atoms with Crippen LogP contribution < -0.4 is 5.32 Å². The van der Waals surface area contributed by atoms with Crippen LogP contribution in [0.25, 0.3) is 0 Å². The van der Waals surface area contributed by atoms with E-state index in [0.717, 1.165) is 36.8 Å². The Morgan fingerprint density at radius 3 is 2.82 bits per heavy atom. The summed E-state index contributed by atoms with van der Waals surface area (Å²) in [6.07, 6.45) is 4.34. The van der Waals surface area contributed by atoms with Gasteiger partial charge in [0, 0.05) is 38.0 Å². The maximum atomic E-state index is 4.67. The quantitative estimate of drug-likeness (QED) is 0.938. The molecule has 0 aliphatic carbocycles. The van der Waals surface area contributed by atoms with Crippen LogP contribution in [0.5, 0.6) is 0 Å². The van der Waals surface area contributed by atoms with Gasteiger partial charge in [0.2, 0.25) is 0 Å². The van der Waals surface area contributed by atoms with E-state index in [1.807, 2.05) is 31.9 Å². The molecular formula is C16H24N6. The van der Waals surface area contributed by atoms with Gasteiger partial charge in [0.1, 0.15) is 11.6 Å². The molecule has 1 atom stereocenters. The molecule has 0 bridgehead atoms. The number of anilines is 1. The summed E-state index contributed by atoms with van der Waals surface area (Å²) < 4.78 is 1.94. The lowest BCUT2D eigenvalue weighted by molar-refractivity contribution is 0.243. The smallest absolute Gasteiger partial charge is 0.129 e. The van der Waals surface area contributed by atoms with E-state index < -0.39 is 0 Å². The second-order valence-electron chi connectivity index (χ2n) is 5.98. The number of hydrogen-bond donors (Lipinski definition) is 1. The normalized spacial score (nSPS) is 18.8. The van der Waals surface area contributed by atoms with Crippen molar-refractivity contribution in [3.05, 3.63) is 35.0 Å². The van der Waals surface area contributed by atoms with Crippen LogP contribution in [-0.4, -0.2) is 38.2 Å². The Kier molecular flexibility index (Phi) is 4.11. The van der Waals surface area contributed by atoms with Crippen molar-refractivity contribution in [3.63, 3.8) is 0 Å². The van der Waals surface area contributed by atoms with Crippen LogP contribution in [0.1, 0.15) is 41.7 Å². The van der Waals surface area contributed by atoms with Crippen LogP contribution in [0.4, 0.5) is 5.82 Å². The van der Waals surface area contributed by atoms with Gasteiger partial charge in [-0.15, -0.1) is 0 Å². The molecular weight excluding hydrogens is 276 g/mol. The molecule has 1 saturated heterocycles. The average molecular weight is 300 g/mol. The molecule has 22 heavy (non-hydrogen) atoms. The third-order valence-electron chi connectivity index (χ3n) is 4.53. The van der Waals surface area contributed by atoms with Gasteiger partial charge >= 0.3 is 0 Å². The zero-order valence-electron chi connectivity index (χ0n) is 13.8. The molecule has 3 rings (SSSR count). The van der Waals surface area contributed by atoms with Crippen LogP contribution in [0, 0.1) is 13.8 Å². The topological polar surface area (TPSA) is 58.9 Å². The predicted octanol–water partition coefficient (Wildman–Crippen LogP) is 2.21. The van der Waals surface area contributed by atoms with Gasteiger partial charge in [-0.05, 0) is 33.2 Å². The summed E-state index contributed by atoms with van der Waals surface area (Å²) in [6, 6.07) is 2.44. The first-order valence-electron chi connectivity index (χ1n) is 7.83. The van der Waals surface area contributed by atoms with E-state index in [1.165, 1.54) is 17.7 Å². The number of aryl methyl sites for hydroxylation is 2. The molecule has 0 saturated carbocycles. The Morgan fingerprint density at radius 2 is 2.14 bits per heavy atom. The van der Waals surface area contributed by atoms with Crippen molar-refractivity contribution in [3.8, 4) is 0 Å². The highest BCUT2D eigenvalue weighted by atomic mass is 15.3. The lowest BCUT2D eigenvalue weighted by Gasteiger charge is -2.24. The molecule has 2 aromatic heterocycles. The van der Waals surface area contributed by atoms with Gasteiger partial charge in [-0.25, -0.2) is 9.97 Å². The number of hydrogen-bond acceptors (Lipinski definition) is 5. The zero-order valence-corrected chi connectivity index (χ0v) is 13.8. The fraction of sp³-hybridized carbons (Fsp3) is 0.562. The Balaban J connectivity index is 1.84. The predicted molar refractivity (Wildman–Crippen MR) is 86.6 cm³/mol. The maximum Gasteiger partial charge on any atom is 0.129 e. The van der Waals surface area contributed by atoms with E-state index in [9.17, 15) is 0 Å². The van der Waals surface area contributed by atoms with E-state index in [4.69, 9.17) is 0 Å². The summed E-state index contributed by atoms with van der Waals surface area (Å²) in [5.74, 6) is 1.72. The first-order chi connectivity index (χ1) is 10.6. The van der Waals surface area contributed by atoms with Crippen LogP contribution >= 0.6 is 0 Å². The van der Waals surface area contributed by atoms with Crippen molar-refractivity contribution in [1.82, 2.24) is 24.6 Å². The molecule has 0 amide bonds. The Hall–Kier alpha value is -1.95. The van der Waals surface area contributed by atoms with E-state index in [0.29, 0.717) is 6.04 Å². The Morgan fingerprint density at radius 1 is 1.32 bits per heavy atom. The maximum absolute atomic E-state index is 4.67. The first kappa shape index (κ1) is 15.0. The van der Waals surface area contributed by atoms with Gasteiger partial charge in [-0.3, -0.25) is 9.58 Å². The molecule has 0 spiro atoms. The second kappa shape index (κ2) is 6.04. The van der Waals surface area contributed by atoms with Gasteiger partial charge < -0.3 is 5.32 Å². The molecule has 1 unspecified atom stereocenters. The average Bonchev–Trinajstić information content (AvgIpc) is 3.09. The summed E-state index contributed by atoms with van der Waals surface area (Å²) in [6.45, 7) is 6.12. The Bertz CT molecular complexity index is 663. The van der Waals surface area contributed by atoms with Crippen molar-refractivity contribution in [2.45, 2.75) is 39.3 Å². The summed E-state index contributed by atoms with van der Waals surface area (Å²) in [7, 11) is 3.89. The lowest BCUT2D eigenvalue weighted by Crippen LogP contribution is -2.24. The second-order valence-corrected chi connectivity index (χ2v) is 5.98. The van der Waals surface area contributed by atoms with Gasteiger partial charge in [-0.1, -0.05) is 0 Å². The number of nitrogens with zero attached hydrogens (tertiary/aromatic N) is 5. The van der Waals surface area contributed by atoms with Gasteiger partial charge in [0.05, 0.1) is 17.9 Å². The summed E-state index contributed by atoms with van der Waals surface area (Å²) >= 11 is 0. The Labute approximate surface area is 131 Å². The lowest BCUT2D eigenvalue weighted by atomic mass is 10.1. The standard InChI is InChI=1S/C16H24N6/c1-11-13(9-18-21(11)4)10-22-7-5-6-15(22)14-8-16(17-3)20-12(2)19-14/h8-9,15H,5-7,10H2,1-4H3,(H,17,19,20). The van der Waals surface area contributed by atoms with E-state index >= 15 is 0 Å². The van der Waals surface area contributed by atoms with E-state index in [-0.39, 0.29) is 0 Å². The van der Waals surface area contributed by atoms with Crippen molar-refractivity contribution < 1.29 is 0 Å². The molecule has 1 N–H and O–H groups in total. The van der Waals surface area contributed by atoms with Gasteiger partial charge in [0.15, 0.2) is 0 Å². The molecule has 3 heterocycles. The summed E-state index contributed by atoms with van der Waals surface area (Å²) in [4.78, 5) is 11.6. The third-order valence-corrected chi connectivity index (χ3v) is 4.53. The molecule has 6 nitrogen and oxygen atoms in total. The van der Waals surface area contributed by atoms with Crippen LogP contribution in [0.3, 0.4) is 0 Å². The van der Waals surface area contributed by atoms with E-state index in [1.54, 1.807) is 0 Å². The van der Waals surface area contributed by atoms with Crippen molar-refractivity contribution in [2.75, 3.05) is 18.9 Å². The minimum absolute atomic E-state index is 0.369. The fourth-order valence-corrected chi connectivity index (χ4v) is 3.16. The van der Waals surface area contributed by atoms with Crippen LogP contribution in [0.2, 0.25) is 0 Å². The number of likely N-dealkylation sites (tertiary alicyclic amines) is 1. The molecule has 6 heteroatoms. The largest absolute Gasteiger partial charge is 0.373 e. The zero-order chi connectivity index (χ0) is 15.7. The summed E-state index contributed by atoms with van der Waals surface area (Å²) in [5, 5.41) is 7.48. The third kappa shape index (κ3) is 2.83.